The predicted molar refractivity (Wildman–Crippen MR) is 51.5 cm³/mol. The molecule has 1 heterocycles. The lowest BCUT2D eigenvalue weighted by atomic mass is 9.82. The Labute approximate surface area is 79.8 Å². The summed E-state index contributed by atoms with van der Waals surface area (Å²) in [7, 11) is 0. The molecule has 76 valence electrons. The zero-order valence-corrected chi connectivity index (χ0v) is 8.83. The van der Waals surface area contributed by atoms with Crippen LogP contribution >= 0.6 is 0 Å². The summed E-state index contributed by atoms with van der Waals surface area (Å²) in [6.07, 6.45) is 0.748. The van der Waals surface area contributed by atoms with Crippen LogP contribution in [0.4, 0.5) is 4.79 Å². The van der Waals surface area contributed by atoms with E-state index < -0.39 is 0 Å². The molecule has 1 aliphatic heterocycles. The molecule has 0 unspecified atom stereocenters. The smallest absolute Gasteiger partial charge is 0.407 e. The van der Waals surface area contributed by atoms with Crippen LogP contribution in [-0.2, 0) is 4.74 Å². The van der Waals surface area contributed by atoms with Crippen molar-refractivity contribution in [2.45, 2.75) is 46.3 Å². The number of rotatable bonds is 2. The molecule has 0 aromatic carbocycles. The highest BCUT2D eigenvalue weighted by Gasteiger charge is 2.36. The second kappa shape index (κ2) is 3.99. The number of ether oxygens (including phenoxy) is 1. The van der Waals surface area contributed by atoms with Crippen molar-refractivity contribution in [3.63, 3.8) is 0 Å². The molecular formula is C10H19NO2. The summed E-state index contributed by atoms with van der Waals surface area (Å²) >= 11 is 0. The molecule has 1 amide bonds. The number of amides is 1. The molecule has 1 aliphatic rings. The average molecular weight is 185 g/mol. The van der Waals surface area contributed by atoms with E-state index in [1.54, 1.807) is 0 Å². The first-order valence-electron chi connectivity index (χ1n) is 5.03. The van der Waals surface area contributed by atoms with Gasteiger partial charge in [-0.15, -0.1) is 0 Å². The minimum atomic E-state index is -0.267. The van der Waals surface area contributed by atoms with Crippen LogP contribution in [0.2, 0.25) is 0 Å². The van der Waals surface area contributed by atoms with E-state index in [1.165, 1.54) is 0 Å². The number of nitrogens with one attached hydrogen (secondary N) is 1. The third kappa shape index (κ3) is 2.14. The summed E-state index contributed by atoms with van der Waals surface area (Å²) in [5.74, 6) is 0.975. The van der Waals surface area contributed by atoms with Gasteiger partial charge in [0, 0.05) is 12.0 Å². The maximum absolute atomic E-state index is 11.1. The first-order chi connectivity index (χ1) is 6.06. The summed E-state index contributed by atoms with van der Waals surface area (Å²) < 4.78 is 5.14. The van der Waals surface area contributed by atoms with Gasteiger partial charge in [0.2, 0.25) is 0 Å². The van der Waals surface area contributed by atoms with E-state index in [0.29, 0.717) is 11.8 Å². The van der Waals surface area contributed by atoms with Gasteiger partial charge in [0.05, 0.1) is 0 Å². The highest BCUT2D eigenvalue weighted by molar-refractivity contribution is 5.68. The summed E-state index contributed by atoms with van der Waals surface area (Å²) in [5.41, 5.74) is 0. The van der Waals surface area contributed by atoms with Gasteiger partial charge in [-0.1, -0.05) is 20.8 Å². The fourth-order valence-electron chi connectivity index (χ4n) is 2.24. The van der Waals surface area contributed by atoms with Crippen molar-refractivity contribution < 1.29 is 9.53 Å². The minimum Gasteiger partial charge on any atom is -0.446 e. The molecule has 3 heteroatoms. The van der Waals surface area contributed by atoms with Crippen molar-refractivity contribution in [2.24, 2.45) is 11.8 Å². The molecule has 3 atom stereocenters. The number of carbonyl (C=O) groups is 1. The minimum absolute atomic E-state index is 0.0405. The number of carbonyl (C=O) groups excluding carboxylic acids is 1. The molecule has 0 spiro atoms. The van der Waals surface area contributed by atoms with Crippen molar-refractivity contribution in [1.29, 1.82) is 0 Å². The monoisotopic (exact) mass is 185 g/mol. The number of cyclic esters (lactones) is 1. The topological polar surface area (TPSA) is 38.3 Å². The van der Waals surface area contributed by atoms with E-state index in [9.17, 15) is 4.79 Å². The van der Waals surface area contributed by atoms with Crippen molar-refractivity contribution in [1.82, 2.24) is 5.32 Å². The van der Waals surface area contributed by atoms with Gasteiger partial charge in [0.25, 0.3) is 0 Å². The highest BCUT2D eigenvalue weighted by Crippen LogP contribution is 2.26. The fourth-order valence-corrected chi connectivity index (χ4v) is 2.24. The normalized spacial score (nSPS) is 34.2. The molecule has 0 radical (unpaired) electrons. The van der Waals surface area contributed by atoms with E-state index >= 15 is 0 Å². The molecule has 0 aliphatic carbocycles. The van der Waals surface area contributed by atoms with Crippen LogP contribution in [-0.4, -0.2) is 18.2 Å². The predicted octanol–water partition coefficient (Wildman–Crippen LogP) is 2.17. The summed E-state index contributed by atoms with van der Waals surface area (Å²) in [5, 5.41) is 2.87. The summed E-state index contributed by atoms with van der Waals surface area (Å²) in [6, 6.07) is 0.274. The largest absolute Gasteiger partial charge is 0.446 e. The van der Waals surface area contributed by atoms with Crippen molar-refractivity contribution >= 4 is 6.09 Å². The molecule has 3 nitrogen and oxygen atoms in total. The first-order valence-corrected chi connectivity index (χ1v) is 5.03. The molecule has 1 saturated heterocycles. The van der Waals surface area contributed by atoms with Crippen molar-refractivity contribution in [3.8, 4) is 0 Å². The van der Waals surface area contributed by atoms with Crippen LogP contribution in [0, 0.1) is 11.8 Å². The van der Waals surface area contributed by atoms with Gasteiger partial charge in [-0.2, -0.15) is 0 Å². The van der Waals surface area contributed by atoms with Crippen LogP contribution in [0.15, 0.2) is 0 Å². The lowest BCUT2D eigenvalue weighted by molar-refractivity contribution is 0.00729. The number of hydrogen-bond donors (Lipinski definition) is 1. The van der Waals surface area contributed by atoms with E-state index in [4.69, 9.17) is 4.74 Å². The van der Waals surface area contributed by atoms with Crippen LogP contribution in [0.25, 0.3) is 0 Å². The van der Waals surface area contributed by atoms with Crippen molar-refractivity contribution in [3.05, 3.63) is 0 Å². The molecule has 13 heavy (non-hydrogen) atoms. The Morgan fingerprint density at radius 3 is 2.62 bits per heavy atom. The molecule has 1 fully saturated rings. The van der Waals surface area contributed by atoms with E-state index in [1.807, 2.05) is 6.92 Å². The van der Waals surface area contributed by atoms with Gasteiger partial charge in [-0.3, -0.25) is 0 Å². The standard InChI is InChI=1S/C10H19NO2/c1-5-8-9(6(2)3)7(4)13-10(12)11-8/h6-9H,5H2,1-4H3,(H,11,12)/t7-,8+,9-/m0/s1. The van der Waals surface area contributed by atoms with E-state index in [-0.39, 0.29) is 18.2 Å². The lowest BCUT2D eigenvalue weighted by Gasteiger charge is -2.38. The Hall–Kier alpha value is -0.730. The average Bonchev–Trinajstić information content (AvgIpc) is 2.01. The Morgan fingerprint density at radius 2 is 2.15 bits per heavy atom. The SMILES string of the molecule is CC[C@H]1NC(=O)O[C@@H](C)[C@@H]1C(C)C. The van der Waals surface area contributed by atoms with Gasteiger partial charge in [0.1, 0.15) is 6.10 Å². The number of alkyl carbamates (subject to hydrolysis) is 1. The Balaban J connectivity index is 2.71. The Morgan fingerprint density at radius 1 is 1.54 bits per heavy atom. The zero-order valence-electron chi connectivity index (χ0n) is 8.83. The van der Waals surface area contributed by atoms with Gasteiger partial charge in [0.15, 0.2) is 0 Å². The molecule has 1 rings (SSSR count). The lowest BCUT2D eigenvalue weighted by Crippen LogP contribution is -2.53. The quantitative estimate of drug-likeness (QED) is 0.716. The molecule has 0 aromatic rings. The molecule has 1 N–H and O–H groups in total. The first kappa shape index (κ1) is 10.4. The second-order valence-corrected chi connectivity index (χ2v) is 4.09. The van der Waals surface area contributed by atoms with E-state index in [2.05, 4.69) is 26.1 Å². The summed E-state index contributed by atoms with van der Waals surface area (Å²) in [4.78, 5) is 11.1. The van der Waals surface area contributed by atoms with Crippen LogP contribution < -0.4 is 5.32 Å². The van der Waals surface area contributed by atoms with Crippen LogP contribution in [0.1, 0.15) is 34.1 Å². The third-order valence-electron chi connectivity index (χ3n) is 2.81. The highest BCUT2D eigenvalue weighted by atomic mass is 16.6. The van der Waals surface area contributed by atoms with Crippen LogP contribution in [0.5, 0.6) is 0 Å². The maximum Gasteiger partial charge on any atom is 0.407 e. The second-order valence-electron chi connectivity index (χ2n) is 4.09. The maximum atomic E-state index is 11.1. The van der Waals surface area contributed by atoms with Crippen molar-refractivity contribution in [2.75, 3.05) is 0 Å². The Bertz CT molecular complexity index is 191. The third-order valence-corrected chi connectivity index (χ3v) is 2.81. The zero-order chi connectivity index (χ0) is 10.0. The van der Waals surface area contributed by atoms with Gasteiger partial charge in [-0.25, -0.2) is 4.79 Å². The molecular weight excluding hydrogens is 166 g/mol. The van der Waals surface area contributed by atoms with Gasteiger partial charge >= 0.3 is 6.09 Å². The van der Waals surface area contributed by atoms with Crippen LogP contribution in [0.3, 0.4) is 0 Å². The van der Waals surface area contributed by atoms with Gasteiger partial charge < -0.3 is 10.1 Å². The molecule has 0 saturated carbocycles. The summed E-state index contributed by atoms with van der Waals surface area (Å²) in [6.45, 7) is 8.42. The van der Waals surface area contributed by atoms with E-state index in [0.717, 1.165) is 6.42 Å². The molecule has 0 bridgehead atoms. The number of hydrogen-bond acceptors (Lipinski definition) is 2. The Kier molecular flexibility index (Phi) is 3.17. The molecule has 0 aromatic heterocycles. The van der Waals surface area contributed by atoms with Gasteiger partial charge in [-0.05, 0) is 19.3 Å². The fraction of sp³-hybridized carbons (Fsp3) is 0.900.